The molecule has 20 heavy (non-hydrogen) atoms. The zero-order valence-electron chi connectivity index (χ0n) is 12.3. The fourth-order valence-electron chi connectivity index (χ4n) is 2.35. The molecule has 0 radical (unpaired) electrons. The van der Waals surface area contributed by atoms with Crippen molar-refractivity contribution in [3.8, 4) is 0 Å². The van der Waals surface area contributed by atoms with Crippen LogP contribution in [-0.2, 0) is 5.41 Å². The van der Waals surface area contributed by atoms with Gasteiger partial charge in [-0.25, -0.2) is 4.39 Å². The third-order valence-electron chi connectivity index (χ3n) is 3.64. The van der Waals surface area contributed by atoms with E-state index in [1.807, 2.05) is 6.07 Å². The number of nitrogens with one attached hydrogen (secondary N) is 1. The van der Waals surface area contributed by atoms with Crippen molar-refractivity contribution < 1.29 is 4.39 Å². The fourth-order valence-corrected chi connectivity index (χ4v) is 3.20. The Hall–Kier alpha value is -1.19. The molecule has 108 valence electrons. The molecule has 1 aromatic carbocycles. The minimum Gasteiger partial charge on any atom is -0.309 e. The molecule has 0 bridgehead atoms. The predicted octanol–water partition coefficient (Wildman–Crippen LogP) is 4.91. The van der Waals surface area contributed by atoms with Crippen LogP contribution >= 0.6 is 11.3 Å². The highest BCUT2D eigenvalue weighted by molar-refractivity contribution is 7.10. The number of thiophene rings is 1. The molecule has 0 aliphatic heterocycles. The molecule has 0 saturated heterocycles. The molecule has 1 N–H and O–H groups in total. The highest BCUT2D eigenvalue weighted by Gasteiger charge is 2.23. The molecule has 0 fully saturated rings. The zero-order chi connectivity index (χ0) is 14.6. The van der Waals surface area contributed by atoms with E-state index in [2.05, 4.69) is 43.6 Å². The van der Waals surface area contributed by atoms with Crippen molar-refractivity contribution in [1.82, 2.24) is 5.32 Å². The van der Waals surface area contributed by atoms with E-state index in [0.717, 1.165) is 18.5 Å². The van der Waals surface area contributed by atoms with Gasteiger partial charge in [0, 0.05) is 22.9 Å². The van der Waals surface area contributed by atoms with Crippen LogP contribution in [-0.4, -0.2) is 6.54 Å². The maximum atomic E-state index is 13.3. The Labute approximate surface area is 124 Å². The summed E-state index contributed by atoms with van der Waals surface area (Å²) in [6, 6.07) is 11.3. The molecule has 1 heterocycles. The summed E-state index contributed by atoms with van der Waals surface area (Å²) in [6.45, 7) is 7.48. The van der Waals surface area contributed by atoms with Crippen molar-refractivity contribution >= 4 is 11.3 Å². The van der Waals surface area contributed by atoms with Gasteiger partial charge in [0.1, 0.15) is 5.82 Å². The van der Waals surface area contributed by atoms with Crippen LogP contribution in [0.15, 0.2) is 41.8 Å². The standard InChI is InChI=1S/C17H22FNS/c1-4-15(13-7-5-8-14(18)11-13)19-12-17(2,3)16-9-6-10-20-16/h5-11,15,19H,4,12H2,1-3H3. The second kappa shape index (κ2) is 6.51. The summed E-state index contributed by atoms with van der Waals surface area (Å²) in [5.74, 6) is -0.166. The van der Waals surface area contributed by atoms with Gasteiger partial charge in [-0.15, -0.1) is 11.3 Å². The molecular formula is C17H22FNS. The lowest BCUT2D eigenvalue weighted by Gasteiger charge is -2.27. The van der Waals surface area contributed by atoms with Crippen molar-refractivity contribution in [2.75, 3.05) is 6.54 Å². The third-order valence-corrected chi connectivity index (χ3v) is 4.87. The Morgan fingerprint density at radius 2 is 2.05 bits per heavy atom. The van der Waals surface area contributed by atoms with Crippen molar-refractivity contribution in [3.63, 3.8) is 0 Å². The second-order valence-corrected chi connectivity index (χ2v) is 6.71. The average molecular weight is 291 g/mol. The first kappa shape index (κ1) is 15.2. The van der Waals surface area contributed by atoms with Crippen LogP contribution in [0.3, 0.4) is 0 Å². The topological polar surface area (TPSA) is 12.0 Å². The Morgan fingerprint density at radius 1 is 1.25 bits per heavy atom. The quantitative estimate of drug-likeness (QED) is 0.797. The van der Waals surface area contributed by atoms with Gasteiger partial charge in [-0.1, -0.05) is 39.0 Å². The highest BCUT2D eigenvalue weighted by atomic mass is 32.1. The van der Waals surface area contributed by atoms with E-state index < -0.39 is 0 Å². The molecule has 1 aromatic heterocycles. The summed E-state index contributed by atoms with van der Waals surface area (Å²) in [5, 5.41) is 5.69. The van der Waals surface area contributed by atoms with Gasteiger partial charge < -0.3 is 5.32 Å². The monoisotopic (exact) mass is 291 g/mol. The zero-order valence-corrected chi connectivity index (χ0v) is 13.1. The number of halogens is 1. The van der Waals surface area contributed by atoms with Crippen LogP contribution in [0.5, 0.6) is 0 Å². The molecule has 3 heteroatoms. The largest absolute Gasteiger partial charge is 0.309 e. The number of rotatable bonds is 6. The first-order valence-corrected chi connectivity index (χ1v) is 7.93. The Balaban J connectivity index is 2.04. The molecule has 0 aliphatic rings. The smallest absolute Gasteiger partial charge is 0.123 e. The minimum atomic E-state index is -0.166. The molecule has 0 aliphatic carbocycles. The lowest BCUT2D eigenvalue weighted by Crippen LogP contribution is -2.34. The number of hydrogen-bond acceptors (Lipinski definition) is 2. The minimum absolute atomic E-state index is 0.0922. The number of hydrogen-bond donors (Lipinski definition) is 1. The third kappa shape index (κ3) is 3.68. The van der Waals surface area contributed by atoms with Gasteiger partial charge in [-0.2, -0.15) is 0 Å². The average Bonchev–Trinajstić information content (AvgIpc) is 2.94. The predicted molar refractivity (Wildman–Crippen MR) is 84.8 cm³/mol. The molecule has 1 unspecified atom stereocenters. The van der Waals surface area contributed by atoms with E-state index in [4.69, 9.17) is 0 Å². The van der Waals surface area contributed by atoms with Gasteiger partial charge in [0.2, 0.25) is 0 Å². The Kier molecular flexibility index (Phi) is 4.95. The van der Waals surface area contributed by atoms with E-state index in [-0.39, 0.29) is 17.3 Å². The van der Waals surface area contributed by atoms with Gasteiger partial charge in [0.15, 0.2) is 0 Å². The van der Waals surface area contributed by atoms with Crippen molar-refractivity contribution in [2.24, 2.45) is 0 Å². The SMILES string of the molecule is CCC(NCC(C)(C)c1cccs1)c1cccc(F)c1. The van der Waals surface area contributed by atoms with Crippen molar-refractivity contribution in [1.29, 1.82) is 0 Å². The van der Waals surface area contributed by atoms with Gasteiger partial charge in [0.05, 0.1) is 0 Å². The van der Waals surface area contributed by atoms with Crippen LogP contribution in [0.25, 0.3) is 0 Å². The van der Waals surface area contributed by atoms with Gasteiger partial charge in [0.25, 0.3) is 0 Å². The van der Waals surface area contributed by atoms with Crippen LogP contribution in [0.2, 0.25) is 0 Å². The van der Waals surface area contributed by atoms with Gasteiger partial charge >= 0.3 is 0 Å². The second-order valence-electron chi connectivity index (χ2n) is 5.76. The van der Waals surface area contributed by atoms with Gasteiger partial charge in [-0.3, -0.25) is 0 Å². The van der Waals surface area contributed by atoms with E-state index in [0.29, 0.717) is 0 Å². The van der Waals surface area contributed by atoms with E-state index >= 15 is 0 Å². The maximum absolute atomic E-state index is 13.3. The van der Waals surface area contributed by atoms with Gasteiger partial charge in [-0.05, 0) is 35.6 Å². The summed E-state index contributed by atoms with van der Waals surface area (Å²) in [5.41, 5.74) is 1.11. The Morgan fingerprint density at radius 3 is 2.65 bits per heavy atom. The summed E-state index contributed by atoms with van der Waals surface area (Å²) < 4.78 is 13.3. The molecule has 0 spiro atoms. The molecule has 1 nitrogen and oxygen atoms in total. The Bertz CT molecular complexity index is 534. The molecule has 2 rings (SSSR count). The summed E-state index contributed by atoms with van der Waals surface area (Å²) >= 11 is 1.79. The molecule has 0 saturated carbocycles. The first-order chi connectivity index (χ1) is 9.53. The van der Waals surface area contributed by atoms with Crippen LogP contribution in [0.1, 0.15) is 43.7 Å². The molecule has 1 atom stereocenters. The van der Waals surface area contributed by atoms with Crippen LogP contribution < -0.4 is 5.32 Å². The highest BCUT2D eigenvalue weighted by Crippen LogP contribution is 2.28. The van der Waals surface area contributed by atoms with Crippen molar-refractivity contribution in [3.05, 3.63) is 58.0 Å². The first-order valence-electron chi connectivity index (χ1n) is 7.06. The van der Waals surface area contributed by atoms with Crippen LogP contribution in [0, 0.1) is 5.82 Å². The maximum Gasteiger partial charge on any atom is 0.123 e. The molecule has 2 aromatic rings. The van der Waals surface area contributed by atoms with E-state index in [1.165, 1.54) is 10.9 Å². The summed E-state index contributed by atoms with van der Waals surface area (Å²) in [7, 11) is 0. The normalized spacial score (nSPS) is 13.4. The number of benzene rings is 1. The lowest BCUT2D eigenvalue weighted by molar-refractivity contribution is 0.420. The summed E-state index contributed by atoms with van der Waals surface area (Å²) in [6.07, 6.45) is 0.948. The lowest BCUT2D eigenvalue weighted by atomic mass is 9.90. The van der Waals surface area contributed by atoms with E-state index in [1.54, 1.807) is 23.5 Å². The summed E-state index contributed by atoms with van der Waals surface area (Å²) in [4.78, 5) is 1.37. The molecular weight excluding hydrogens is 269 g/mol. The van der Waals surface area contributed by atoms with Crippen LogP contribution in [0.4, 0.5) is 4.39 Å². The van der Waals surface area contributed by atoms with Crippen molar-refractivity contribution in [2.45, 2.75) is 38.6 Å². The fraction of sp³-hybridized carbons (Fsp3) is 0.412. The molecule has 0 amide bonds. The van der Waals surface area contributed by atoms with E-state index in [9.17, 15) is 4.39 Å².